The Morgan fingerprint density at radius 3 is 2.84 bits per heavy atom. The first-order valence-electron chi connectivity index (χ1n) is 10.4. The van der Waals surface area contributed by atoms with Gasteiger partial charge in [0.15, 0.2) is 5.82 Å². The minimum atomic E-state index is -0.363. The maximum absolute atomic E-state index is 13.8. The normalized spacial score (nSPS) is 19.0. The molecule has 156 valence electrons. The van der Waals surface area contributed by atoms with Gasteiger partial charge in [-0.15, -0.1) is 11.3 Å². The number of aryl methyl sites for hydroxylation is 4. The summed E-state index contributed by atoms with van der Waals surface area (Å²) in [4.78, 5) is 27.3. The minimum absolute atomic E-state index is 0.0125. The predicted molar refractivity (Wildman–Crippen MR) is 132 cm³/mol. The summed E-state index contributed by atoms with van der Waals surface area (Å²) < 4.78 is 2.64. The molecule has 1 fully saturated rings. The number of nitrogens with zero attached hydrogens (tertiary/aromatic N) is 4. The van der Waals surface area contributed by atoms with Crippen LogP contribution >= 0.6 is 35.3 Å². The van der Waals surface area contributed by atoms with Crippen LogP contribution in [0.25, 0.3) is 21.1 Å². The number of anilines is 1. The number of aromatic nitrogens is 3. The molecular weight excluding hydrogens is 444 g/mol. The number of fused-ring (bicyclic) bond motifs is 4. The third kappa shape index (κ3) is 2.88. The van der Waals surface area contributed by atoms with Gasteiger partial charge in [0.2, 0.25) is 0 Å². The van der Waals surface area contributed by atoms with Gasteiger partial charge in [-0.1, -0.05) is 42.2 Å². The van der Waals surface area contributed by atoms with Crippen LogP contribution in [0.3, 0.4) is 0 Å². The smallest absolute Gasteiger partial charge is 0.251 e. The number of hydrogen-bond acceptors (Lipinski definition) is 6. The molecular formula is C23H20N4OS3. The lowest BCUT2D eigenvalue weighted by Crippen LogP contribution is -2.30. The second-order valence-corrected chi connectivity index (χ2v) is 11.0. The lowest BCUT2D eigenvalue weighted by Gasteiger charge is -2.18. The second-order valence-electron chi connectivity index (χ2n) is 8.14. The summed E-state index contributed by atoms with van der Waals surface area (Å²) in [6, 6.07) is 8.19. The fourth-order valence-corrected chi connectivity index (χ4v) is 7.56. The maximum atomic E-state index is 13.8. The summed E-state index contributed by atoms with van der Waals surface area (Å²) in [6.45, 7) is 1.89. The number of para-hydroxylation sites is 1. The molecule has 4 heterocycles. The maximum Gasteiger partial charge on any atom is 0.251 e. The Bertz CT molecular complexity index is 1400. The Hall–Kier alpha value is -2.29. The Morgan fingerprint density at radius 2 is 1.97 bits per heavy atom. The third-order valence-electron chi connectivity index (χ3n) is 6.18. The summed E-state index contributed by atoms with van der Waals surface area (Å²) in [7, 11) is 2.01. The fraction of sp³-hybridized carbons (Fsp3) is 0.304. The molecule has 1 amide bonds. The summed E-state index contributed by atoms with van der Waals surface area (Å²) in [5, 5.41) is 1.76. The van der Waals surface area contributed by atoms with Crippen molar-refractivity contribution in [3.8, 4) is 0 Å². The van der Waals surface area contributed by atoms with Gasteiger partial charge in [0.25, 0.3) is 5.91 Å². The molecule has 0 bridgehead atoms. The van der Waals surface area contributed by atoms with Crippen molar-refractivity contribution in [1.29, 1.82) is 0 Å². The van der Waals surface area contributed by atoms with Crippen LogP contribution in [-0.4, -0.2) is 24.8 Å². The van der Waals surface area contributed by atoms with Crippen molar-refractivity contribution in [1.82, 2.24) is 14.5 Å². The Morgan fingerprint density at radius 1 is 1.16 bits per heavy atom. The molecule has 1 atom stereocenters. The van der Waals surface area contributed by atoms with Crippen LogP contribution in [0, 0.1) is 6.92 Å². The van der Waals surface area contributed by atoms with E-state index in [0.29, 0.717) is 16.0 Å². The number of carbonyl (C=O) groups excluding carboxylic acids is 1. The van der Waals surface area contributed by atoms with Crippen molar-refractivity contribution in [2.24, 2.45) is 7.05 Å². The van der Waals surface area contributed by atoms with Crippen LogP contribution in [-0.2, 0) is 24.7 Å². The Labute approximate surface area is 193 Å². The van der Waals surface area contributed by atoms with Crippen molar-refractivity contribution >= 4 is 72.5 Å². The number of carbonyl (C=O) groups is 1. The molecule has 3 aromatic heterocycles. The molecule has 1 saturated heterocycles. The van der Waals surface area contributed by atoms with Gasteiger partial charge < -0.3 is 4.57 Å². The highest BCUT2D eigenvalue weighted by Gasteiger charge is 2.42. The SMILES string of the molecule is Cc1nc(N2C(=O)C(c3cn(C)c4ccccc34)SC2=S)c2c3c(sc2n1)CCCC3. The van der Waals surface area contributed by atoms with Crippen molar-refractivity contribution in [2.45, 2.75) is 37.9 Å². The summed E-state index contributed by atoms with van der Waals surface area (Å²) >= 11 is 8.94. The Balaban J connectivity index is 1.50. The number of thioether (sulfide) groups is 1. The molecule has 4 aromatic rings. The predicted octanol–water partition coefficient (Wildman–Crippen LogP) is 5.48. The van der Waals surface area contributed by atoms with E-state index in [1.807, 2.05) is 26.1 Å². The Kier molecular flexibility index (Phi) is 4.45. The van der Waals surface area contributed by atoms with Gasteiger partial charge >= 0.3 is 0 Å². The topological polar surface area (TPSA) is 51.0 Å². The zero-order valence-corrected chi connectivity index (χ0v) is 19.7. The van der Waals surface area contributed by atoms with Crippen molar-refractivity contribution in [3.05, 3.63) is 52.3 Å². The number of amides is 1. The average Bonchev–Trinajstić information content (AvgIpc) is 3.38. The number of hydrogen-bond donors (Lipinski definition) is 0. The quantitative estimate of drug-likeness (QED) is 0.368. The zero-order valence-electron chi connectivity index (χ0n) is 17.2. The van der Waals surface area contributed by atoms with Gasteiger partial charge in [-0.2, -0.15) is 0 Å². The molecule has 1 aliphatic carbocycles. The van der Waals surface area contributed by atoms with Gasteiger partial charge in [0.05, 0.1) is 5.39 Å². The van der Waals surface area contributed by atoms with Crippen LogP contribution in [0.2, 0.25) is 0 Å². The van der Waals surface area contributed by atoms with Crippen LogP contribution in [0.1, 0.15) is 39.9 Å². The van der Waals surface area contributed by atoms with Crippen molar-refractivity contribution in [2.75, 3.05) is 4.90 Å². The van der Waals surface area contributed by atoms with Crippen LogP contribution < -0.4 is 4.90 Å². The second kappa shape index (κ2) is 7.12. The molecule has 0 N–H and O–H groups in total. The van der Waals surface area contributed by atoms with Gasteiger partial charge in [-0.05, 0) is 44.2 Å². The number of thiophene rings is 1. The summed E-state index contributed by atoms with van der Waals surface area (Å²) in [6.07, 6.45) is 6.53. The first-order chi connectivity index (χ1) is 15.0. The van der Waals surface area contributed by atoms with Crippen LogP contribution in [0.4, 0.5) is 5.82 Å². The molecule has 1 unspecified atom stereocenters. The van der Waals surface area contributed by atoms with Gasteiger partial charge in [-0.3, -0.25) is 4.79 Å². The highest BCUT2D eigenvalue weighted by molar-refractivity contribution is 8.24. The average molecular weight is 465 g/mol. The fourth-order valence-electron chi connectivity index (χ4n) is 4.78. The van der Waals surface area contributed by atoms with Gasteiger partial charge in [-0.25, -0.2) is 14.9 Å². The minimum Gasteiger partial charge on any atom is -0.350 e. The van der Waals surface area contributed by atoms with Gasteiger partial charge in [0, 0.05) is 34.6 Å². The van der Waals surface area contributed by atoms with E-state index in [1.165, 1.54) is 28.6 Å². The van der Waals surface area contributed by atoms with E-state index < -0.39 is 0 Å². The molecule has 0 saturated carbocycles. The lowest BCUT2D eigenvalue weighted by atomic mass is 9.97. The number of thiocarbonyl (C=S) groups is 1. The van der Waals surface area contributed by atoms with Crippen LogP contribution in [0.15, 0.2) is 30.5 Å². The first kappa shape index (κ1) is 19.4. The molecule has 8 heteroatoms. The van der Waals surface area contributed by atoms with E-state index in [2.05, 4.69) is 22.9 Å². The van der Waals surface area contributed by atoms with Crippen LogP contribution in [0.5, 0.6) is 0 Å². The molecule has 0 spiro atoms. The zero-order chi connectivity index (χ0) is 21.3. The highest BCUT2D eigenvalue weighted by Crippen LogP contribution is 2.47. The van der Waals surface area contributed by atoms with E-state index in [9.17, 15) is 4.79 Å². The van der Waals surface area contributed by atoms with Gasteiger partial charge in [0.1, 0.15) is 20.2 Å². The highest BCUT2D eigenvalue weighted by atomic mass is 32.2. The molecule has 2 aliphatic rings. The standard InChI is InChI=1S/C23H20N4OS3/c1-12-24-20(18-14-8-4-6-10-17(14)30-21(18)25-12)27-22(28)19(31-23(27)29)15-11-26(2)16-9-5-3-7-13(15)16/h3,5,7,9,11,19H,4,6,8,10H2,1-2H3. The van der Waals surface area contributed by atoms with Crippen molar-refractivity contribution in [3.63, 3.8) is 0 Å². The lowest BCUT2D eigenvalue weighted by molar-refractivity contribution is -0.117. The molecule has 0 radical (unpaired) electrons. The van der Waals surface area contributed by atoms with E-state index in [1.54, 1.807) is 16.2 Å². The van der Waals surface area contributed by atoms with E-state index in [0.717, 1.165) is 45.9 Å². The molecule has 5 nitrogen and oxygen atoms in total. The van der Waals surface area contributed by atoms with Crippen molar-refractivity contribution < 1.29 is 4.79 Å². The van der Waals surface area contributed by atoms with E-state index >= 15 is 0 Å². The molecule has 1 aromatic carbocycles. The largest absolute Gasteiger partial charge is 0.350 e. The molecule has 31 heavy (non-hydrogen) atoms. The summed E-state index contributed by atoms with van der Waals surface area (Å²) in [5.41, 5.74) is 3.44. The third-order valence-corrected chi connectivity index (χ3v) is 8.91. The number of rotatable bonds is 2. The number of benzene rings is 1. The molecule has 1 aliphatic heterocycles. The first-order valence-corrected chi connectivity index (χ1v) is 12.5. The summed E-state index contributed by atoms with van der Waals surface area (Å²) in [5.74, 6) is 1.34. The van der Waals surface area contributed by atoms with E-state index in [4.69, 9.17) is 22.2 Å². The monoisotopic (exact) mass is 464 g/mol. The van der Waals surface area contributed by atoms with E-state index in [-0.39, 0.29) is 11.2 Å². The molecule has 6 rings (SSSR count).